The number of hydrogen-bond donors (Lipinski definition) is 1. The fourth-order valence-corrected chi connectivity index (χ4v) is 4.13. The van der Waals surface area contributed by atoms with E-state index < -0.39 is 0 Å². The molecule has 114 valence electrons. The maximum absolute atomic E-state index is 12.7. The van der Waals surface area contributed by atoms with Crippen LogP contribution in [0.25, 0.3) is 0 Å². The van der Waals surface area contributed by atoms with Crippen LogP contribution in [0.1, 0.15) is 42.0 Å². The predicted molar refractivity (Wildman–Crippen MR) is 80.8 cm³/mol. The van der Waals surface area contributed by atoms with E-state index in [-0.39, 0.29) is 24.4 Å². The monoisotopic (exact) mass is 307 g/mol. The van der Waals surface area contributed by atoms with E-state index in [1.54, 1.807) is 22.4 Å². The van der Waals surface area contributed by atoms with Gasteiger partial charge in [-0.2, -0.15) is 0 Å². The first-order valence-corrected chi connectivity index (χ1v) is 8.44. The van der Waals surface area contributed by atoms with Crippen molar-refractivity contribution in [1.82, 2.24) is 15.2 Å². The number of nitrogens with zero attached hydrogens (tertiary/aromatic N) is 2. The maximum atomic E-state index is 12.7. The molecule has 1 saturated carbocycles. The van der Waals surface area contributed by atoms with Crippen LogP contribution in [-0.2, 0) is 16.1 Å². The lowest BCUT2D eigenvalue weighted by molar-refractivity contribution is -0.146. The summed E-state index contributed by atoms with van der Waals surface area (Å²) in [6, 6.07) is -0.319. The molecule has 2 aliphatic rings. The molecule has 2 fully saturated rings. The maximum Gasteiger partial charge on any atom is 0.246 e. The normalized spacial score (nSPS) is 24.2. The number of piperazine rings is 1. The van der Waals surface area contributed by atoms with E-state index >= 15 is 0 Å². The number of hydrogen-bond acceptors (Lipinski definition) is 4. The summed E-state index contributed by atoms with van der Waals surface area (Å²) in [6.07, 6.45) is 7.47. The number of amides is 2. The Morgan fingerprint density at radius 2 is 2.10 bits per heavy atom. The van der Waals surface area contributed by atoms with Gasteiger partial charge < -0.3 is 10.2 Å². The molecular weight excluding hydrogens is 286 g/mol. The average molecular weight is 307 g/mol. The highest BCUT2D eigenvalue weighted by Gasteiger charge is 2.38. The molecule has 6 heteroatoms. The van der Waals surface area contributed by atoms with Gasteiger partial charge in [0.25, 0.3) is 0 Å². The molecule has 21 heavy (non-hydrogen) atoms. The molecule has 1 aliphatic heterocycles. The fourth-order valence-electron chi connectivity index (χ4n) is 3.32. The van der Waals surface area contributed by atoms with Crippen LogP contribution in [-0.4, -0.2) is 34.3 Å². The van der Waals surface area contributed by atoms with E-state index in [1.807, 2.05) is 6.92 Å². The summed E-state index contributed by atoms with van der Waals surface area (Å²) in [5.74, 6) is 0.347. The van der Waals surface area contributed by atoms with Gasteiger partial charge in [-0.3, -0.25) is 9.59 Å². The van der Waals surface area contributed by atoms with Crippen LogP contribution in [0.3, 0.4) is 0 Å². The van der Waals surface area contributed by atoms with Crippen molar-refractivity contribution in [2.45, 2.75) is 51.6 Å². The summed E-state index contributed by atoms with van der Waals surface area (Å²) in [5, 5.41) is 3.90. The minimum Gasteiger partial charge on any atom is -0.342 e. The van der Waals surface area contributed by atoms with Crippen molar-refractivity contribution in [1.29, 1.82) is 0 Å². The Morgan fingerprint density at radius 3 is 2.76 bits per heavy atom. The topological polar surface area (TPSA) is 62.3 Å². The Labute approximate surface area is 128 Å². The van der Waals surface area contributed by atoms with E-state index in [4.69, 9.17) is 0 Å². The molecule has 0 bridgehead atoms. The van der Waals surface area contributed by atoms with Crippen LogP contribution < -0.4 is 5.32 Å². The van der Waals surface area contributed by atoms with E-state index in [2.05, 4.69) is 10.3 Å². The number of aryl methyl sites for hydroxylation is 1. The van der Waals surface area contributed by atoms with Gasteiger partial charge in [0.15, 0.2) is 0 Å². The number of carbonyl (C=O) groups is 2. The van der Waals surface area contributed by atoms with Crippen LogP contribution in [0.4, 0.5) is 0 Å². The van der Waals surface area contributed by atoms with Crippen LogP contribution in [0.15, 0.2) is 6.20 Å². The fraction of sp³-hybridized carbons (Fsp3) is 0.667. The average Bonchev–Trinajstić information content (AvgIpc) is 2.89. The highest BCUT2D eigenvalue weighted by atomic mass is 32.1. The lowest BCUT2D eigenvalue weighted by atomic mass is 9.82. The number of rotatable bonds is 3. The van der Waals surface area contributed by atoms with E-state index in [1.165, 1.54) is 19.3 Å². The lowest BCUT2D eigenvalue weighted by Crippen LogP contribution is -2.60. The van der Waals surface area contributed by atoms with Crippen molar-refractivity contribution in [3.63, 3.8) is 0 Å². The molecule has 1 saturated heterocycles. The Bertz CT molecular complexity index is 537. The minimum atomic E-state index is -0.319. The number of thiazole rings is 1. The van der Waals surface area contributed by atoms with Crippen molar-refractivity contribution < 1.29 is 9.59 Å². The number of nitrogens with one attached hydrogen (secondary N) is 1. The van der Waals surface area contributed by atoms with Crippen LogP contribution in [0.2, 0.25) is 0 Å². The smallest absolute Gasteiger partial charge is 0.246 e. The zero-order valence-corrected chi connectivity index (χ0v) is 13.1. The molecule has 2 heterocycles. The third-order valence-electron chi connectivity index (χ3n) is 4.37. The molecule has 1 unspecified atom stereocenters. The first kappa shape index (κ1) is 14.5. The zero-order chi connectivity index (χ0) is 14.8. The Kier molecular flexibility index (Phi) is 4.24. The van der Waals surface area contributed by atoms with Crippen LogP contribution in [0, 0.1) is 12.8 Å². The molecular formula is C15H21N3O2S. The van der Waals surface area contributed by atoms with E-state index in [0.29, 0.717) is 12.5 Å². The second kappa shape index (κ2) is 6.13. The van der Waals surface area contributed by atoms with Gasteiger partial charge in [-0.1, -0.05) is 19.3 Å². The molecule has 5 nitrogen and oxygen atoms in total. The first-order chi connectivity index (χ1) is 10.1. The summed E-state index contributed by atoms with van der Waals surface area (Å²) in [7, 11) is 0. The predicted octanol–water partition coefficient (Wildman–Crippen LogP) is 1.86. The third kappa shape index (κ3) is 3.26. The standard InChI is InChI=1S/C15H21N3O2S/c1-10-16-7-12(21-10)8-18-9-13(19)17-14(15(18)20)11-5-3-2-4-6-11/h7,11,14H,2-6,8-9H2,1H3,(H,17,19). The van der Waals surface area contributed by atoms with Gasteiger partial charge >= 0.3 is 0 Å². The summed E-state index contributed by atoms with van der Waals surface area (Å²) >= 11 is 1.58. The van der Waals surface area contributed by atoms with Gasteiger partial charge in [-0.25, -0.2) is 4.98 Å². The molecule has 1 N–H and O–H groups in total. The van der Waals surface area contributed by atoms with Gasteiger partial charge in [0.2, 0.25) is 11.8 Å². The molecule has 0 aromatic carbocycles. The van der Waals surface area contributed by atoms with Gasteiger partial charge in [-0.15, -0.1) is 11.3 Å². The van der Waals surface area contributed by atoms with E-state index in [0.717, 1.165) is 22.7 Å². The molecule has 0 radical (unpaired) electrons. The summed E-state index contributed by atoms with van der Waals surface area (Å²) in [6.45, 7) is 2.61. The summed E-state index contributed by atoms with van der Waals surface area (Å²) in [4.78, 5) is 31.6. The van der Waals surface area contributed by atoms with Gasteiger partial charge in [0, 0.05) is 11.1 Å². The number of aromatic nitrogens is 1. The second-order valence-electron chi connectivity index (χ2n) is 5.98. The molecule has 3 rings (SSSR count). The molecule has 1 aromatic heterocycles. The Hall–Kier alpha value is -1.43. The second-order valence-corrected chi connectivity index (χ2v) is 7.30. The van der Waals surface area contributed by atoms with Crippen molar-refractivity contribution in [3.8, 4) is 0 Å². The first-order valence-electron chi connectivity index (χ1n) is 7.63. The van der Waals surface area contributed by atoms with Crippen molar-refractivity contribution in [3.05, 3.63) is 16.1 Å². The lowest BCUT2D eigenvalue weighted by Gasteiger charge is -2.37. The molecule has 2 amide bonds. The minimum absolute atomic E-state index is 0.0357. The van der Waals surface area contributed by atoms with Gasteiger partial charge in [0.1, 0.15) is 6.04 Å². The highest BCUT2D eigenvalue weighted by Crippen LogP contribution is 2.29. The molecule has 0 spiro atoms. The zero-order valence-electron chi connectivity index (χ0n) is 12.3. The quantitative estimate of drug-likeness (QED) is 0.927. The van der Waals surface area contributed by atoms with Crippen molar-refractivity contribution >= 4 is 23.2 Å². The molecule has 1 aliphatic carbocycles. The highest BCUT2D eigenvalue weighted by molar-refractivity contribution is 7.11. The van der Waals surface area contributed by atoms with Gasteiger partial charge in [0.05, 0.1) is 18.1 Å². The summed E-state index contributed by atoms with van der Waals surface area (Å²) in [5.41, 5.74) is 0. The number of carbonyl (C=O) groups excluding carboxylic acids is 2. The molecule has 1 atom stereocenters. The van der Waals surface area contributed by atoms with Crippen LogP contribution in [0.5, 0.6) is 0 Å². The third-order valence-corrected chi connectivity index (χ3v) is 5.26. The van der Waals surface area contributed by atoms with Crippen molar-refractivity contribution in [2.75, 3.05) is 6.54 Å². The largest absolute Gasteiger partial charge is 0.342 e. The SMILES string of the molecule is Cc1ncc(CN2CC(=O)NC(C3CCCCC3)C2=O)s1. The van der Waals surface area contributed by atoms with Gasteiger partial charge in [-0.05, 0) is 25.7 Å². The summed E-state index contributed by atoms with van der Waals surface area (Å²) < 4.78 is 0. The Morgan fingerprint density at radius 1 is 1.33 bits per heavy atom. The van der Waals surface area contributed by atoms with E-state index in [9.17, 15) is 9.59 Å². The van der Waals surface area contributed by atoms with Crippen molar-refractivity contribution in [2.24, 2.45) is 5.92 Å². The van der Waals surface area contributed by atoms with Crippen LogP contribution >= 0.6 is 11.3 Å². The molecule has 1 aromatic rings. The Balaban J connectivity index is 1.71.